The van der Waals surface area contributed by atoms with Crippen LogP contribution in [0, 0.1) is 17.8 Å². The first kappa shape index (κ1) is 45.2. The van der Waals surface area contributed by atoms with E-state index in [0.717, 1.165) is 0 Å². The molecule has 0 radical (unpaired) electrons. The minimum Gasteiger partial charge on any atom is -0.481 e. The Balaban J connectivity index is 3.07. The van der Waals surface area contributed by atoms with Gasteiger partial charge in [-0.1, -0.05) is 48.0 Å². The number of nitrogens with one attached hydrogen (secondary N) is 5. The standard InChI is InChI=1S/C33H55N7O12/c1-7-18(6)27(31(49)38-26(17(4)5)30(48)37-20(33(51)52)11-13-24(44)45)39-28(46)19(10-12-23(42)43)36-22(41)15-35-29(47)21-9-8-14-40(21)32(50)25(34)16(2)3/h16-21,25-27H,7-15,34H2,1-6H3,(H,35,47)(H,36,41)(H,37,48)(H,38,49)(H,39,46)(H,42,43)(H,44,45)(H,51,52)/t18-,19-,20-,21-,25-,26-,27-/m0/s1. The van der Waals surface area contributed by atoms with Gasteiger partial charge in [0.25, 0.3) is 0 Å². The van der Waals surface area contributed by atoms with E-state index in [2.05, 4.69) is 26.6 Å². The molecule has 0 unspecified atom stereocenters. The van der Waals surface area contributed by atoms with Crippen LogP contribution in [0.25, 0.3) is 0 Å². The van der Waals surface area contributed by atoms with Gasteiger partial charge in [0, 0.05) is 19.4 Å². The van der Waals surface area contributed by atoms with E-state index in [1.807, 2.05) is 0 Å². The molecule has 0 aromatic carbocycles. The van der Waals surface area contributed by atoms with Crippen molar-refractivity contribution in [3.05, 3.63) is 0 Å². The quantitative estimate of drug-likeness (QED) is 0.0613. The first-order valence-electron chi connectivity index (χ1n) is 17.4. The van der Waals surface area contributed by atoms with Gasteiger partial charge in [-0.15, -0.1) is 0 Å². The molecule has 1 fully saturated rings. The number of carboxylic acid groups (broad SMARTS) is 3. The second kappa shape index (κ2) is 21.5. The number of carboxylic acids is 3. The highest BCUT2D eigenvalue weighted by Gasteiger charge is 2.38. The predicted molar refractivity (Wildman–Crippen MR) is 184 cm³/mol. The van der Waals surface area contributed by atoms with Crippen molar-refractivity contribution in [2.75, 3.05) is 13.1 Å². The number of aliphatic carboxylic acids is 3. The molecule has 1 heterocycles. The Hall–Kier alpha value is -4.81. The van der Waals surface area contributed by atoms with E-state index in [0.29, 0.717) is 25.8 Å². The molecule has 1 saturated heterocycles. The van der Waals surface area contributed by atoms with E-state index in [9.17, 15) is 53.4 Å². The average molecular weight is 742 g/mol. The molecule has 6 amide bonds. The minimum absolute atomic E-state index is 0.160. The summed E-state index contributed by atoms with van der Waals surface area (Å²) in [5, 5.41) is 39.8. The first-order chi connectivity index (χ1) is 24.2. The predicted octanol–water partition coefficient (Wildman–Crippen LogP) is -1.47. The van der Waals surface area contributed by atoms with E-state index in [1.165, 1.54) is 4.90 Å². The molecule has 1 aliphatic heterocycles. The lowest BCUT2D eigenvalue weighted by Crippen LogP contribution is -2.60. The van der Waals surface area contributed by atoms with Gasteiger partial charge in [0.15, 0.2) is 0 Å². The molecular formula is C33H55N7O12. The normalized spacial score (nSPS) is 17.6. The van der Waals surface area contributed by atoms with Crippen LogP contribution in [0.15, 0.2) is 0 Å². The van der Waals surface area contributed by atoms with Gasteiger partial charge in [0.2, 0.25) is 35.4 Å². The van der Waals surface area contributed by atoms with Crippen LogP contribution in [0.4, 0.5) is 0 Å². The summed E-state index contributed by atoms with van der Waals surface area (Å²) in [7, 11) is 0. The Kier molecular flexibility index (Phi) is 18.7. The fourth-order valence-electron chi connectivity index (χ4n) is 5.37. The van der Waals surface area contributed by atoms with Crippen molar-refractivity contribution in [1.82, 2.24) is 31.5 Å². The van der Waals surface area contributed by atoms with Gasteiger partial charge in [-0.3, -0.25) is 38.4 Å². The second-order valence-corrected chi connectivity index (χ2v) is 13.7. The summed E-state index contributed by atoms with van der Waals surface area (Å²) in [6.45, 7) is 9.79. The largest absolute Gasteiger partial charge is 0.481 e. The molecule has 0 bridgehead atoms. The molecule has 0 aromatic heterocycles. The molecule has 1 aliphatic rings. The minimum atomic E-state index is -1.54. The van der Waals surface area contributed by atoms with Crippen LogP contribution in [0.5, 0.6) is 0 Å². The van der Waals surface area contributed by atoms with E-state index < -0.39 is 121 Å². The van der Waals surface area contributed by atoms with Crippen molar-refractivity contribution >= 4 is 53.4 Å². The number of hydrogen-bond acceptors (Lipinski definition) is 10. The number of nitrogens with two attached hydrogens (primary N) is 1. The van der Waals surface area contributed by atoms with Gasteiger partial charge in [0.1, 0.15) is 30.2 Å². The highest BCUT2D eigenvalue weighted by atomic mass is 16.4. The monoisotopic (exact) mass is 741 g/mol. The maximum atomic E-state index is 13.5. The smallest absolute Gasteiger partial charge is 0.326 e. The lowest BCUT2D eigenvalue weighted by atomic mass is 9.95. The van der Waals surface area contributed by atoms with Crippen LogP contribution >= 0.6 is 0 Å². The third-order valence-corrected chi connectivity index (χ3v) is 8.87. The molecule has 0 saturated carbocycles. The SMILES string of the molecule is CC[C@H](C)[C@H](NC(=O)[C@H](CCC(=O)O)NC(=O)CNC(=O)[C@@H]1CCCN1C(=O)[C@@H](N)C(C)C)C(=O)N[C@H](C(=O)N[C@@H](CCC(=O)O)C(=O)O)C(C)C. The zero-order chi connectivity index (χ0) is 39.9. The summed E-state index contributed by atoms with van der Waals surface area (Å²) in [6.07, 6.45) is -0.580. The third kappa shape index (κ3) is 14.4. The number of nitrogens with zero attached hydrogens (tertiary/aromatic N) is 1. The van der Waals surface area contributed by atoms with Crippen molar-refractivity contribution in [2.45, 2.75) is 123 Å². The van der Waals surface area contributed by atoms with Crippen molar-refractivity contribution in [3.63, 3.8) is 0 Å². The summed E-state index contributed by atoms with van der Waals surface area (Å²) in [5.74, 6) is -9.74. The molecule has 7 atom stereocenters. The van der Waals surface area contributed by atoms with E-state index >= 15 is 0 Å². The van der Waals surface area contributed by atoms with Gasteiger partial charge >= 0.3 is 17.9 Å². The Bertz CT molecular complexity index is 1320. The topological polar surface area (TPSA) is 304 Å². The van der Waals surface area contributed by atoms with Gasteiger partial charge in [-0.25, -0.2) is 4.79 Å². The van der Waals surface area contributed by atoms with Gasteiger partial charge in [0.05, 0.1) is 12.6 Å². The average Bonchev–Trinajstić information content (AvgIpc) is 3.57. The Morgan fingerprint density at radius 2 is 1.27 bits per heavy atom. The summed E-state index contributed by atoms with van der Waals surface area (Å²) < 4.78 is 0. The van der Waals surface area contributed by atoms with Crippen LogP contribution in [-0.4, -0.2) is 123 Å². The summed E-state index contributed by atoms with van der Waals surface area (Å²) in [5.41, 5.74) is 5.99. The lowest BCUT2D eigenvalue weighted by molar-refractivity contribution is -0.144. The van der Waals surface area contributed by atoms with Crippen molar-refractivity contribution in [2.24, 2.45) is 23.5 Å². The molecule has 0 aliphatic carbocycles. The van der Waals surface area contributed by atoms with Crippen LogP contribution in [0.3, 0.4) is 0 Å². The molecule has 10 N–H and O–H groups in total. The van der Waals surface area contributed by atoms with Crippen LogP contribution < -0.4 is 32.3 Å². The van der Waals surface area contributed by atoms with E-state index in [4.69, 9.17) is 10.8 Å². The third-order valence-electron chi connectivity index (χ3n) is 8.87. The van der Waals surface area contributed by atoms with Crippen LogP contribution in [-0.2, 0) is 43.2 Å². The Labute approximate surface area is 302 Å². The highest BCUT2D eigenvalue weighted by Crippen LogP contribution is 2.20. The number of amides is 6. The lowest BCUT2D eigenvalue weighted by Gasteiger charge is -2.30. The zero-order valence-electron chi connectivity index (χ0n) is 30.6. The van der Waals surface area contributed by atoms with Crippen molar-refractivity contribution < 1.29 is 58.5 Å². The molecule has 19 nitrogen and oxygen atoms in total. The molecular weight excluding hydrogens is 686 g/mol. The number of hydrogen-bond donors (Lipinski definition) is 9. The number of likely N-dealkylation sites (tertiary alicyclic amines) is 1. The number of carbonyl (C=O) groups is 9. The van der Waals surface area contributed by atoms with E-state index in [-0.39, 0.29) is 18.2 Å². The fourth-order valence-corrected chi connectivity index (χ4v) is 5.37. The highest BCUT2D eigenvalue weighted by molar-refractivity contribution is 5.96. The second-order valence-electron chi connectivity index (χ2n) is 13.7. The fraction of sp³-hybridized carbons (Fsp3) is 0.727. The summed E-state index contributed by atoms with van der Waals surface area (Å²) in [6, 6.07) is -7.23. The number of rotatable bonds is 22. The summed E-state index contributed by atoms with van der Waals surface area (Å²) >= 11 is 0. The van der Waals surface area contributed by atoms with Gasteiger partial charge in [-0.2, -0.15) is 0 Å². The summed E-state index contributed by atoms with van der Waals surface area (Å²) in [4.78, 5) is 114. The van der Waals surface area contributed by atoms with E-state index in [1.54, 1.807) is 41.5 Å². The van der Waals surface area contributed by atoms with Crippen molar-refractivity contribution in [1.29, 1.82) is 0 Å². The maximum Gasteiger partial charge on any atom is 0.326 e. The maximum absolute atomic E-state index is 13.5. The molecule has 0 spiro atoms. The Morgan fingerprint density at radius 3 is 1.77 bits per heavy atom. The van der Waals surface area contributed by atoms with Gasteiger partial charge < -0.3 is 52.5 Å². The molecule has 294 valence electrons. The number of carbonyl (C=O) groups excluding carboxylic acids is 6. The molecule has 52 heavy (non-hydrogen) atoms. The first-order valence-corrected chi connectivity index (χ1v) is 17.4. The van der Waals surface area contributed by atoms with Gasteiger partial charge in [-0.05, 0) is 43.4 Å². The Morgan fingerprint density at radius 1 is 0.731 bits per heavy atom. The van der Waals surface area contributed by atoms with Crippen LogP contribution in [0.2, 0.25) is 0 Å². The van der Waals surface area contributed by atoms with Crippen molar-refractivity contribution in [3.8, 4) is 0 Å². The molecule has 1 rings (SSSR count). The van der Waals surface area contributed by atoms with Crippen LogP contribution in [0.1, 0.15) is 86.5 Å². The molecule has 0 aromatic rings. The zero-order valence-corrected chi connectivity index (χ0v) is 30.6. The molecule has 19 heteroatoms.